The van der Waals surface area contributed by atoms with Crippen LogP contribution in [-0.2, 0) is 0 Å². The molecule has 4 heteroatoms. The Balaban J connectivity index is 2.14. The molecule has 2 atom stereocenters. The van der Waals surface area contributed by atoms with E-state index in [4.69, 9.17) is 4.74 Å². The molecule has 0 bridgehead atoms. The Morgan fingerprint density at radius 3 is 2.95 bits per heavy atom. The fourth-order valence-corrected chi connectivity index (χ4v) is 5.22. The second-order valence-electron chi connectivity index (χ2n) is 4.53. The number of hydrogen-bond donors (Lipinski definition) is 1. The molecule has 0 saturated carbocycles. The normalized spacial score (nSPS) is 21.1. The van der Waals surface area contributed by atoms with E-state index in [1.54, 1.807) is 0 Å². The highest BCUT2D eigenvalue weighted by molar-refractivity contribution is 8.06. The summed E-state index contributed by atoms with van der Waals surface area (Å²) in [6.45, 7) is 5.94. The molecule has 1 aliphatic rings. The first-order valence-corrected chi connectivity index (χ1v) is 9.21. The van der Waals surface area contributed by atoms with Gasteiger partial charge in [0.05, 0.1) is 6.61 Å². The van der Waals surface area contributed by atoms with Gasteiger partial charge >= 0.3 is 0 Å². The van der Waals surface area contributed by atoms with Gasteiger partial charge in [-0.05, 0) is 31.2 Å². The summed E-state index contributed by atoms with van der Waals surface area (Å²) in [4.78, 5) is 0. The van der Waals surface area contributed by atoms with E-state index in [2.05, 4.69) is 54.0 Å². The van der Waals surface area contributed by atoms with Crippen LogP contribution in [0.5, 0.6) is 5.75 Å². The molecular weight excluding hydrogens is 274 g/mol. The zero-order chi connectivity index (χ0) is 13.5. The van der Waals surface area contributed by atoms with Crippen molar-refractivity contribution < 1.29 is 4.74 Å². The summed E-state index contributed by atoms with van der Waals surface area (Å²) in [5.41, 5.74) is 1.35. The number of hydrogen-bond acceptors (Lipinski definition) is 4. The molecule has 1 saturated heterocycles. The minimum absolute atomic E-state index is 0.434. The van der Waals surface area contributed by atoms with Crippen molar-refractivity contribution in [1.82, 2.24) is 5.32 Å². The van der Waals surface area contributed by atoms with Crippen LogP contribution in [0.2, 0.25) is 0 Å². The van der Waals surface area contributed by atoms with Gasteiger partial charge in [-0.25, -0.2) is 0 Å². The van der Waals surface area contributed by atoms with E-state index >= 15 is 0 Å². The molecule has 1 aromatic rings. The average molecular weight is 297 g/mol. The second kappa shape index (κ2) is 8.08. The topological polar surface area (TPSA) is 21.3 Å². The standard InChI is InChI=1S/C15H23NOS2/c1-3-16-15(14-11-18-8-9-19-14)12-6-5-7-13(10-12)17-4-2/h5-7,10,14-16H,3-4,8-9,11H2,1-2H3. The van der Waals surface area contributed by atoms with Crippen LogP contribution < -0.4 is 10.1 Å². The highest BCUT2D eigenvalue weighted by Gasteiger charge is 2.25. The lowest BCUT2D eigenvalue weighted by molar-refractivity contribution is 0.339. The Kier molecular flexibility index (Phi) is 6.41. The van der Waals surface area contributed by atoms with Gasteiger partial charge < -0.3 is 10.1 Å². The van der Waals surface area contributed by atoms with Crippen molar-refractivity contribution in [1.29, 1.82) is 0 Å². The van der Waals surface area contributed by atoms with Gasteiger partial charge in [0.2, 0.25) is 0 Å². The molecule has 1 heterocycles. The first kappa shape index (κ1) is 15.1. The average Bonchev–Trinajstić information content (AvgIpc) is 2.46. The Bertz CT molecular complexity index is 380. The predicted molar refractivity (Wildman–Crippen MR) is 87.6 cm³/mol. The number of benzene rings is 1. The van der Waals surface area contributed by atoms with Crippen molar-refractivity contribution in [2.45, 2.75) is 25.1 Å². The molecule has 0 spiro atoms. The maximum atomic E-state index is 5.62. The predicted octanol–water partition coefficient (Wildman–Crippen LogP) is 3.58. The van der Waals surface area contributed by atoms with E-state index in [0.717, 1.165) is 18.9 Å². The highest BCUT2D eigenvalue weighted by atomic mass is 32.2. The first-order chi connectivity index (χ1) is 9.35. The number of rotatable bonds is 6. The SMILES string of the molecule is CCNC(c1cccc(OCC)c1)C1CSCCS1. The van der Waals surface area contributed by atoms with Crippen LogP contribution in [0.4, 0.5) is 0 Å². The molecule has 0 amide bonds. The van der Waals surface area contributed by atoms with Crippen LogP contribution in [0.3, 0.4) is 0 Å². The molecule has 0 aliphatic carbocycles. The third-order valence-corrected chi connectivity index (χ3v) is 6.03. The van der Waals surface area contributed by atoms with Crippen LogP contribution in [0.25, 0.3) is 0 Å². The van der Waals surface area contributed by atoms with Gasteiger partial charge in [0.15, 0.2) is 0 Å². The van der Waals surface area contributed by atoms with Gasteiger partial charge in [-0.15, -0.1) is 0 Å². The van der Waals surface area contributed by atoms with E-state index in [-0.39, 0.29) is 0 Å². The lowest BCUT2D eigenvalue weighted by Crippen LogP contribution is -2.33. The minimum atomic E-state index is 0.434. The van der Waals surface area contributed by atoms with Crippen molar-refractivity contribution in [2.24, 2.45) is 0 Å². The Hall–Kier alpha value is -0.320. The minimum Gasteiger partial charge on any atom is -0.494 e. The van der Waals surface area contributed by atoms with Crippen molar-refractivity contribution in [3.8, 4) is 5.75 Å². The fraction of sp³-hybridized carbons (Fsp3) is 0.600. The van der Waals surface area contributed by atoms with E-state index in [1.165, 1.54) is 22.8 Å². The van der Waals surface area contributed by atoms with Crippen molar-refractivity contribution in [3.63, 3.8) is 0 Å². The van der Waals surface area contributed by atoms with Gasteiger partial charge in [0.25, 0.3) is 0 Å². The maximum absolute atomic E-state index is 5.62. The molecule has 1 aliphatic heterocycles. The molecule has 0 radical (unpaired) electrons. The Morgan fingerprint density at radius 1 is 1.37 bits per heavy atom. The number of nitrogens with one attached hydrogen (secondary N) is 1. The van der Waals surface area contributed by atoms with Crippen molar-refractivity contribution in [2.75, 3.05) is 30.4 Å². The summed E-state index contributed by atoms with van der Waals surface area (Å²) in [5, 5.41) is 4.31. The van der Waals surface area contributed by atoms with E-state index in [1.807, 2.05) is 13.0 Å². The van der Waals surface area contributed by atoms with Crippen molar-refractivity contribution >= 4 is 23.5 Å². The summed E-state index contributed by atoms with van der Waals surface area (Å²) in [6.07, 6.45) is 0. The largest absolute Gasteiger partial charge is 0.494 e. The van der Waals surface area contributed by atoms with Gasteiger partial charge in [-0.2, -0.15) is 23.5 Å². The lowest BCUT2D eigenvalue weighted by Gasteiger charge is -2.30. The molecule has 1 aromatic carbocycles. The Labute approximate surface area is 125 Å². The second-order valence-corrected chi connectivity index (χ2v) is 7.02. The molecular formula is C15H23NOS2. The molecule has 106 valence electrons. The zero-order valence-electron chi connectivity index (χ0n) is 11.7. The van der Waals surface area contributed by atoms with Crippen LogP contribution in [0, 0.1) is 0 Å². The van der Waals surface area contributed by atoms with Crippen LogP contribution in [-0.4, -0.2) is 35.7 Å². The number of thioether (sulfide) groups is 2. The van der Waals surface area contributed by atoms with E-state index < -0.39 is 0 Å². The summed E-state index contributed by atoms with van der Waals surface area (Å²) in [7, 11) is 0. The van der Waals surface area contributed by atoms with Gasteiger partial charge in [-0.1, -0.05) is 19.1 Å². The maximum Gasteiger partial charge on any atom is 0.119 e. The first-order valence-electron chi connectivity index (χ1n) is 7.00. The third kappa shape index (κ3) is 4.33. The zero-order valence-corrected chi connectivity index (χ0v) is 13.4. The van der Waals surface area contributed by atoms with Crippen molar-refractivity contribution in [3.05, 3.63) is 29.8 Å². The quantitative estimate of drug-likeness (QED) is 0.866. The Morgan fingerprint density at radius 2 is 2.26 bits per heavy atom. The molecule has 2 unspecified atom stereocenters. The summed E-state index contributed by atoms with van der Waals surface area (Å²) >= 11 is 4.18. The van der Waals surface area contributed by atoms with Gasteiger partial charge in [-0.3, -0.25) is 0 Å². The van der Waals surface area contributed by atoms with E-state index in [0.29, 0.717) is 11.3 Å². The molecule has 1 fully saturated rings. The molecule has 19 heavy (non-hydrogen) atoms. The molecule has 0 aromatic heterocycles. The van der Waals surface area contributed by atoms with Gasteiger partial charge in [0, 0.05) is 28.6 Å². The fourth-order valence-electron chi connectivity index (χ4n) is 2.35. The van der Waals surface area contributed by atoms with E-state index in [9.17, 15) is 0 Å². The van der Waals surface area contributed by atoms with Crippen LogP contribution in [0.1, 0.15) is 25.5 Å². The van der Waals surface area contributed by atoms with Gasteiger partial charge in [0.1, 0.15) is 5.75 Å². The number of ether oxygens (including phenoxy) is 1. The highest BCUT2D eigenvalue weighted by Crippen LogP contribution is 2.34. The summed E-state index contributed by atoms with van der Waals surface area (Å²) < 4.78 is 5.62. The van der Waals surface area contributed by atoms with Crippen LogP contribution in [0.15, 0.2) is 24.3 Å². The monoisotopic (exact) mass is 297 g/mol. The third-order valence-electron chi connectivity index (χ3n) is 3.17. The summed E-state index contributed by atoms with van der Waals surface area (Å²) in [5.74, 6) is 4.78. The molecule has 2 rings (SSSR count). The smallest absolute Gasteiger partial charge is 0.119 e. The molecule has 1 N–H and O–H groups in total. The lowest BCUT2D eigenvalue weighted by atomic mass is 10.0. The van der Waals surface area contributed by atoms with Crippen LogP contribution >= 0.6 is 23.5 Å². The molecule has 2 nitrogen and oxygen atoms in total. The summed E-state index contributed by atoms with van der Waals surface area (Å²) in [6, 6.07) is 8.99.